The van der Waals surface area contributed by atoms with Crippen LogP contribution in [0.15, 0.2) is 70.8 Å². The number of hydrogen-bond acceptors (Lipinski definition) is 4. The summed E-state index contributed by atoms with van der Waals surface area (Å²) in [5.74, 6) is -0.437. The third kappa shape index (κ3) is 4.91. The van der Waals surface area contributed by atoms with E-state index in [1.807, 2.05) is 0 Å². The maximum atomic E-state index is 13.0. The first-order valence-corrected chi connectivity index (χ1v) is 10.4. The van der Waals surface area contributed by atoms with Gasteiger partial charge in [0, 0.05) is 10.6 Å². The molecule has 0 radical (unpaired) electrons. The Bertz CT molecular complexity index is 1470. The van der Waals surface area contributed by atoms with Crippen molar-refractivity contribution in [1.82, 2.24) is 5.16 Å². The molecule has 0 fully saturated rings. The van der Waals surface area contributed by atoms with Gasteiger partial charge in [0.25, 0.3) is 5.91 Å². The summed E-state index contributed by atoms with van der Waals surface area (Å²) >= 11 is 11.9. The Labute approximate surface area is 201 Å². The molecule has 1 N–H and O–H groups in total. The molecule has 10 heteroatoms. The lowest BCUT2D eigenvalue weighted by atomic mass is 10.0. The zero-order chi connectivity index (χ0) is 24.5. The van der Waals surface area contributed by atoms with E-state index in [-0.39, 0.29) is 16.3 Å². The van der Waals surface area contributed by atoms with Gasteiger partial charge in [-0.2, -0.15) is 18.4 Å². The van der Waals surface area contributed by atoms with Crippen LogP contribution >= 0.6 is 23.2 Å². The van der Waals surface area contributed by atoms with Crippen LogP contribution in [0.4, 0.5) is 18.9 Å². The van der Waals surface area contributed by atoms with Crippen LogP contribution in [0.25, 0.3) is 28.3 Å². The molecule has 4 rings (SSSR count). The molecule has 3 aromatic carbocycles. The summed E-state index contributed by atoms with van der Waals surface area (Å²) in [5.41, 5.74) is 0.181. The fraction of sp³-hybridized carbons (Fsp3) is 0.0417. The summed E-state index contributed by atoms with van der Waals surface area (Å²) in [6.45, 7) is 0. The topological polar surface area (TPSA) is 78.9 Å². The van der Waals surface area contributed by atoms with Gasteiger partial charge in [0.05, 0.1) is 21.7 Å². The van der Waals surface area contributed by atoms with Crippen molar-refractivity contribution in [3.63, 3.8) is 0 Å². The Hall–Kier alpha value is -3.80. The van der Waals surface area contributed by atoms with Crippen LogP contribution in [0.5, 0.6) is 0 Å². The van der Waals surface area contributed by atoms with Crippen LogP contribution in [0.1, 0.15) is 11.1 Å². The molecule has 0 spiro atoms. The third-order valence-electron chi connectivity index (χ3n) is 4.82. The van der Waals surface area contributed by atoms with Crippen LogP contribution in [0.2, 0.25) is 10.0 Å². The summed E-state index contributed by atoms with van der Waals surface area (Å²) in [6.07, 6.45) is -3.32. The monoisotopic (exact) mass is 501 g/mol. The number of anilines is 1. The highest BCUT2D eigenvalue weighted by Gasteiger charge is 2.31. The Balaban J connectivity index is 1.65. The second kappa shape index (κ2) is 9.21. The molecule has 34 heavy (non-hydrogen) atoms. The molecule has 0 aliphatic carbocycles. The van der Waals surface area contributed by atoms with Crippen molar-refractivity contribution in [3.8, 4) is 17.4 Å². The number of hydrogen-bond donors (Lipinski definition) is 1. The van der Waals surface area contributed by atoms with E-state index >= 15 is 0 Å². The molecule has 1 heterocycles. The van der Waals surface area contributed by atoms with Gasteiger partial charge in [-0.05, 0) is 66.2 Å². The summed E-state index contributed by atoms with van der Waals surface area (Å²) in [5, 5.41) is 16.8. The van der Waals surface area contributed by atoms with Crippen LogP contribution < -0.4 is 5.32 Å². The Kier molecular flexibility index (Phi) is 6.33. The smallest absolute Gasteiger partial charge is 0.355 e. The molecule has 4 aromatic rings. The molecule has 0 unspecified atom stereocenters. The highest BCUT2D eigenvalue weighted by atomic mass is 35.5. The van der Waals surface area contributed by atoms with Crippen LogP contribution in [0, 0.1) is 11.3 Å². The normalized spacial score (nSPS) is 11.9. The first-order valence-electron chi connectivity index (χ1n) is 9.61. The van der Waals surface area contributed by atoms with E-state index in [0.717, 1.165) is 17.7 Å². The zero-order valence-corrected chi connectivity index (χ0v) is 18.5. The van der Waals surface area contributed by atoms with Gasteiger partial charge in [-0.1, -0.05) is 34.4 Å². The van der Waals surface area contributed by atoms with Crippen molar-refractivity contribution >= 4 is 51.8 Å². The van der Waals surface area contributed by atoms with E-state index in [1.54, 1.807) is 48.5 Å². The zero-order valence-electron chi connectivity index (χ0n) is 17.0. The van der Waals surface area contributed by atoms with Gasteiger partial charge < -0.3 is 9.84 Å². The summed E-state index contributed by atoms with van der Waals surface area (Å²) in [7, 11) is 0. The van der Waals surface area contributed by atoms with Crippen LogP contribution in [0.3, 0.4) is 0 Å². The molecule has 0 bridgehead atoms. The number of halogens is 5. The first kappa shape index (κ1) is 23.4. The van der Waals surface area contributed by atoms with Gasteiger partial charge >= 0.3 is 6.18 Å². The van der Waals surface area contributed by atoms with E-state index in [2.05, 4.69) is 10.5 Å². The number of rotatable bonds is 4. The van der Waals surface area contributed by atoms with Crippen molar-refractivity contribution in [3.05, 3.63) is 87.4 Å². The van der Waals surface area contributed by atoms with Gasteiger partial charge in [-0.15, -0.1) is 0 Å². The number of carbonyl (C=O) groups excluding carboxylic acids is 1. The maximum Gasteiger partial charge on any atom is 0.416 e. The molecule has 1 aromatic heterocycles. The number of aromatic nitrogens is 1. The largest absolute Gasteiger partial charge is 0.416 e. The predicted octanol–water partition coefficient (Wildman–Crippen LogP) is 7.37. The number of benzene rings is 3. The maximum absolute atomic E-state index is 13.0. The molecule has 170 valence electrons. The fourth-order valence-corrected chi connectivity index (χ4v) is 3.45. The molecular weight excluding hydrogens is 490 g/mol. The number of carbonyl (C=O) groups is 1. The highest BCUT2D eigenvalue weighted by molar-refractivity contribution is 6.34. The van der Waals surface area contributed by atoms with Crippen molar-refractivity contribution < 1.29 is 22.5 Å². The lowest BCUT2D eigenvalue weighted by molar-refractivity contribution is -0.137. The van der Waals surface area contributed by atoms with E-state index in [1.165, 1.54) is 6.08 Å². The quantitative estimate of drug-likeness (QED) is 0.234. The van der Waals surface area contributed by atoms with Gasteiger partial charge in [0.2, 0.25) is 0 Å². The number of nitrogens with one attached hydrogen (secondary N) is 1. The van der Waals surface area contributed by atoms with E-state index in [4.69, 9.17) is 27.7 Å². The van der Waals surface area contributed by atoms with Crippen LogP contribution in [-0.4, -0.2) is 11.1 Å². The minimum atomic E-state index is -4.62. The second-order valence-corrected chi connectivity index (χ2v) is 7.96. The summed E-state index contributed by atoms with van der Waals surface area (Å²) in [6, 6.07) is 16.2. The predicted molar refractivity (Wildman–Crippen MR) is 123 cm³/mol. The number of nitrogens with zero attached hydrogens (tertiary/aromatic N) is 2. The molecule has 0 atom stereocenters. The van der Waals surface area contributed by atoms with Crippen molar-refractivity contribution in [2.75, 3.05) is 5.32 Å². The average molecular weight is 502 g/mol. The lowest BCUT2D eigenvalue weighted by Crippen LogP contribution is -2.15. The number of fused-ring (bicyclic) bond motifs is 1. The number of alkyl halides is 3. The van der Waals surface area contributed by atoms with Crippen molar-refractivity contribution in [1.29, 1.82) is 5.26 Å². The molecule has 0 aliphatic heterocycles. The number of nitriles is 1. The molecule has 0 saturated heterocycles. The Morgan fingerprint density at radius 2 is 1.79 bits per heavy atom. The van der Waals surface area contributed by atoms with Gasteiger partial charge in [-0.3, -0.25) is 4.79 Å². The van der Waals surface area contributed by atoms with E-state index in [0.29, 0.717) is 33.3 Å². The van der Waals surface area contributed by atoms with Crippen molar-refractivity contribution in [2.24, 2.45) is 0 Å². The molecule has 5 nitrogen and oxygen atoms in total. The van der Waals surface area contributed by atoms with Gasteiger partial charge in [0.15, 0.2) is 5.76 Å². The first-order chi connectivity index (χ1) is 16.2. The minimum Gasteiger partial charge on any atom is -0.355 e. The van der Waals surface area contributed by atoms with Crippen molar-refractivity contribution in [2.45, 2.75) is 6.18 Å². The fourth-order valence-electron chi connectivity index (χ4n) is 3.16. The van der Waals surface area contributed by atoms with E-state index in [9.17, 15) is 23.2 Å². The lowest BCUT2D eigenvalue weighted by Gasteiger charge is -2.11. The average Bonchev–Trinajstić information content (AvgIpc) is 3.22. The molecule has 0 aliphatic rings. The second-order valence-electron chi connectivity index (χ2n) is 7.11. The highest BCUT2D eigenvalue weighted by Crippen LogP contribution is 2.34. The summed E-state index contributed by atoms with van der Waals surface area (Å²) in [4.78, 5) is 12.6. The molecular formula is C24H12Cl2F3N3O2. The van der Waals surface area contributed by atoms with E-state index < -0.39 is 17.6 Å². The SMILES string of the molecule is N#C/C(=C\c1ccc2noc(-c3ccc(Cl)cc3)c2c1)C(=O)Nc1cc(C(F)(F)F)ccc1Cl. The minimum absolute atomic E-state index is 0.0999. The third-order valence-corrected chi connectivity index (χ3v) is 5.41. The molecule has 1 amide bonds. The molecule has 0 saturated carbocycles. The Morgan fingerprint density at radius 3 is 2.47 bits per heavy atom. The van der Waals surface area contributed by atoms with Gasteiger partial charge in [0.1, 0.15) is 17.2 Å². The standard InChI is InChI=1S/C24H12Cl2F3N3O2/c25-17-5-2-14(3-6-17)22-18-10-13(1-8-20(18)32-34-22)9-15(12-30)23(33)31-21-11-16(24(27,28)29)4-7-19(21)26/h1-11H,(H,31,33)/b15-9+. The van der Waals surface area contributed by atoms with Crippen LogP contribution in [-0.2, 0) is 11.0 Å². The van der Waals surface area contributed by atoms with Gasteiger partial charge in [-0.25, -0.2) is 0 Å². The number of amides is 1. The Morgan fingerprint density at radius 1 is 1.06 bits per heavy atom. The summed E-state index contributed by atoms with van der Waals surface area (Å²) < 4.78 is 44.4.